The SMILES string of the molecule is CCOc1ccc2nc(N3C(=O)C(O)=C(C(=O)c4sc(C)nc4C)C3c3cc(OC)c(OC)c(OC)c3)sc2c1. The van der Waals surface area contributed by atoms with Crippen LogP contribution in [0, 0.1) is 13.8 Å². The highest BCUT2D eigenvalue weighted by molar-refractivity contribution is 7.22. The maximum absolute atomic E-state index is 14.0. The zero-order chi connectivity index (χ0) is 28.7. The number of thiazole rings is 2. The number of nitrogens with zero attached hydrogens (tertiary/aromatic N) is 3. The van der Waals surface area contributed by atoms with Crippen molar-refractivity contribution in [1.82, 2.24) is 9.97 Å². The van der Waals surface area contributed by atoms with Crippen molar-refractivity contribution in [2.24, 2.45) is 0 Å². The molecule has 3 heterocycles. The van der Waals surface area contributed by atoms with E-state index in [1.54, 1.807) is 38.1 Å². The molecule has 208 valence electrons. The highest BCUT2D eigenvalue weighted by Gasteiger charge is 2.47. The lowest BCUT2D eigenvalue weighted by Crippen LogP contribution is -2.31. The number of Topliss-reactive ketones (excluding diaryl/α,β-unsaturated/α-hetero) is 1. The van der Waals surface area contributed by atoms with Crippen LogP contribution < -0.4 is 23.8 Å². The number of aryl methyl sites for hydroxylation is 2. The van der Waals surface area contributed by atoms with Crippen LogP contribution in [-0.4, -0.2) is 54.7 Å². The highest BCUT2D eigenvalue weighted by Crippen LogP contribution is 2.48. The van der Waals surface area contributed by atoms with E-state index < -0.39 is 23.5 Å². The number of hydrogen-bond donors (Lipinski definition) is 1. The maximum atomic E-state index is 14.0. The summed E-state index contributed by atoms with van der Waals surface area (Å²) < 4.78 is 23.0. The van der Waals surface area contributed by atoms with Crippen LogP contribution in [0.25, 0.3) is 10.2 Å². The maximum Gasteiger partial charge on any atom is 0.296 e. The Bertz CT molecular complexity index is 1650. The van der Waals surface area contributed by atoms with E-state index in [0.29, 0.717) is 61.4 Å². The molecule has 0 saturated carbocycles. The Morgan fingerprint density at radius 2 is 1.73 bits per heavy atom. The number of fused-ring (bicyclic) bond motifs is 1. The van der Waals surface area contributed by atoms with E-state index in [4.69, 9.17) is 18.9 Å². The van der Waals surface area contributed by atoms with E-state index in [2.05, 4.69) is 9.97 Å². The molecule has 2 aromatic heterocycles. The lowest BCUT2D eigenvalue weighted by Gasteiger charge is -2.25. The van der Waals surface area contributed by atoms with Crippen LogP contribution in [-0.2, 0) is 4.79 Å². The minimum absolute atomic E-state index is 0.0831. The van der Waals surface area contributed by atoms with E-state index in [1.165, 1.54) is 48.9 Å². The highest BCUT2D eigenvalue weighted by atomic mass is 32.1. The third-order valence-corrected chi connectivity index (χ3v) is 8.52. The van der Waals surface area contributed by atoms with Crippen LogP contribution in [0.3, 0.4) is 0 Å². The number of aliphatic hydroxyl groups excluding tert-OH is 1. The molecule has 1 atom stereocenters. The standard InChI is InChI=1S/C28H27N3O7S2/c1-7-38-16-8-9-17-20(12-16)40-28(30-17)31-22(15-10-18(35-4)25(37-6)19(11-15)36-5)21(24(33)27(31)34)23(32)26-13(2)29-14(3)39-26/h8-12,22,33H,7H2,1-6H3. The van der Waals surface area contributed by atoms with Crippen molar-refractivity contribution >= 4 is 49.7 Å². The molecule has 0 radical (unpaired) electrons. The van der Waals surface area contributed by atoms with Crippen molar-refractivity contribution in [3.63, 3.8) is 0 Å². The second kappa shape index (κ2) is 10.8. The molecule has 1 aliphatic heterocycles. The second-order valence-electron chi connectivity index (χ2n) is 8.83. The molecule has 10 nitrogen and oxygen atoms in total. The largest absolute Gasteiger partial charge is 0.503 e. The zero-order valence-corrected chi connectivity index (χ0v) is 24.4. The summed E-state index contributed by atoms with van der Waals surface area (Å²) >= 11 is 2.46. The predicted octanol–water partition coefficient (Wildman–Crippen LogP) is 5.58. The molecule has 1 aliphatic rings. The van der Waals surface area contributed by atoms with E-state index in [-0.39, 0.29) is 5.57 Å². The van der Waals surface area contributed by atoms with Gasteiger partial charge in [0.1, 0.15) is 5.75 Å². The van der Waals surface area contributed by atoms with Crippen LogP contribution in [0.15, 0.2) is 41.7 Å². The summed E-state index contributed by atoms with van der Waals surface area (Å²) in [4.78, 5) is 38.4. The molecule has 1 amide bonds. The number of aromatic nitrogens is 2. The van der Waals surface area contributed by atoms with Crippen LogP contribution in [0.1, 0.15) is 38.9 Å². The van der Waals surface area contributed by atoms with Crippen molar-refractivity contribution in [2.45, 2.75) is 26.8 Å². The third-order valence-electron chi connectivity index (χ3n) is 6.43. The zero-order valence-electron chi connectivity index (χ0n) is 22.7. The lowest BCUT2D eigenvalue weighted by atomic mass is 9.94. The van der Waals surface area contributed by atoms with Crippen molar-refractivity contribution in [3.05, 3.63) is 62.8 Å². The first kappa shape index (κ1) is 27.4. The van der Waals surface area contributed by atoms with E-state index in [1.807, 2.05) is 13.0 Å². The molecule has 1 unspecified atom stereocenters. The molecular weight excluding hydrogens is 554 g/mol. The predicted molar refractivity (Wildman–Crippen MR) is 153 cm³/mol. The first-order valence-corrected chi connectivity index (χ1v) is 13.9. The fourth-order valence-corrected chi connectivity index (χ4v) is 6.62. The normalized spacial score (nSPS) is 15.2. The monoisotopic (exact) mass is 581 g/mol. The van der Waals surface area contributed by atoms with E-state index >= 15 is 0 Å². The number of methoxy groups -OCH3 is 3. The molecule has 0 aliphatic carbocycles. The van der Waals surface area contributed by atoms with Gasteiger partial charge in [0.25, 0.3) is 5.91 Å². The molecule has 1 N–H and O–H groups in total. The summed E-state index contributed by atoms with van der Waals surface area (Å²) in [5, 5.41) is 12.2. The summed E-state index contributed by atoms with van der Waals surface area (Å²) in [6.45, 7) is 5.92. The lowest BCUT2D eigenvalue weighted by molar-refractivity contribution is -0.117. The van der Waals surface area contributed by atoms with E-state index in [0.717, 1.165) is 4.70 Å². The van der Waals surface area contributed by atoms with Gasteiger partial charge in [-0.15, -0.1) is 11.3 Å². The van der Waals surface area contributed by atoms with Gasteiger partial charge in [0.15, 0.2) is 22.4 Å². The van der Waals surface area contributed by atoms with Crippen molar-refractivity contribution in [2.75, 3.05) is 32.8 Å². The minimum atomic E-state index is -1.04. The molecule has 0 spiro atoms. The number of anilines is 1. The van der Waals surface area contributed by atoms with Gasteiger partial charge < -0.3 is 24.1 Å². The molecular formula is C28H27N3O7S2. The topological polar surface area (TPSA) is 120 Å². The Morgan fingerprint density at radius 1 is 1.02 bits per heavy atom. The summed E-state index contributed by atoms with van der Waals surface area (Å²) in [6.07, 6.45) is 0. The van der Waals surface area contributed by atoms with Gasteiger partial charge in [-0.2, -0.15) is 0 Å². The summed E-state index contributed by atoms with van der Waals surface area (Å²) in [5.74, 6) is -0.200. The van der Waals surface area contributed by atoms with Gasteiger partial charge in [0, 0.05) is 0 Å². The summed E-state index contributed by atoms with van der Waals surface area (Å²) in [5.41, 5.74) is 1.54. The molecule has 0 saturated heterocycles. The number of benzene rings is 2. The molecule has 0 fully saturated rings. The number of ketones is 1. The molecule has 4 aromatic rings. The van der Waals surface area contributed by atoms with Crippen LogP contribution in [0.5, 0.6) is 23.0 Å². The third kappa shape index (κ3) is 4.52. The van der Waals surface area contributed by atoms with Gasteiger partial charge in [-0.1, -0.05) is 11.3 Å². The minimum Gasteiger partial charge on any atom is -0.503 e. The Kier molecular flexibility index (Phi) is 7.39. The number of ether oxygens (including phenoxy) is 4. The van der Waals surface area contributed by atoms with Gasteiger partial charge in [0.05, 0.1) is 65.3 Å². The fraction of sp³-hybridized carbons (Fsp3) is 0.286. The van der Waals surface area contributed by atoms with Gasteiger partial charge >= 0.3 is 0 Å². The summed E-state index contributed by atoms with van der Waals surface area (Å²) in [7, 11) is 4.44. The molecule has 5 rings (SSSR count). The Labute approximate surface area is 238 Å². The molecule has 0 bridgehead atoms. The quantitative estimate of drug-likeness (QED) is 0.253. The van der Waals surface area contributed by atoms with Crippen molar-refractivity contribution in [1.29, 1.82) is 0 Å². The van der Waals surface area contributed by atoms with Crippen molar-refractivity contribution < 1.29 is 33.6 Å². The average molecular weight is 582 g/mol. The Morgan fingerprint density at radius 3 is 2.30 bits per heavy atom. The number of rotatable bonds is 9. The van der Waals surface area contributed by atoms with Gasteiger partial charge in [-0.25, -0.2) is 9.97 Å². The first-order valence-electron chi connectivity index (χ1n) is 12.3. The van der Waals surface area contributed by atoms with Gasteiger partial charge in [-0.05, 0) is 56.7 Å². The summed E-state index contributed by atoms with van der Waals surface area (Å²) in [6, 6.07) is 7.72. The second-order valence-corrected chi connectivity index (χ2v) is 11.0. The number of hydrogen-bond acceptors (Lipinski definition) is 11. The Hall–Kier alpha value is -4.16. The average Bonchev–Trinajstić information content (AvgIpc) is 3.59. The number of aliphatic hydroxyl groups is 1. The van der Waals surface area contributed by atoms with Crippen LogP contribution in [0.2, 0.25) is 0 Å². The van der Waals surface area contributed by atoms with Gasteiger partial charge in [-0.3, -0.25) is 14.5 Å². The Balaban J connectivity index is 1.72. The van der Waals surface area contributed by atoms with Gasteiger partial charge in [0.2, 0.25) is 11.5 Å². The van der Waals surface area contributed by atoms with Crippen LogP contribution >= 0.6 is 22.7 Å². The van der Waals surface area contributed by atoms with E-state index in [9.17, 15) is 14.7 Å². The molecule has 40 heavy (non-hydrogen) atoms. The first-order chi connectivity index (χ1) is 19.2. The number of carbonyl (C=O) groups is 2. The molecule has 12 heteroatoms. The fourth-order valence-electron chi connectivity index (χ4n) is 4.73. The number of amides is 1. The number of carbonyl (C=O) groups excluding carboxylic acids is 2. The molecule has 2 aromatic carbocycles. The van der Waals surface area contributed by atoms with Crippen molar-refractivity contribution in [3.8, 4) is 23.0 Å². The van der Waals surface area contributed by atoms with Crippen LogP contribution in [0.4, 0.5) is 5.13 Å². The smallest absolute Gasteiger partial charge is 0.296 e.